The Morgan fingerprint density at radius 1 is 0.667 bits per heavy atom. The first-order valence-electron chi connectivity index (χ1n) is 12.4. The molecule has 0 N–H and O–H groups in total. The molecule has 4 aromatic carbocycles. The van der Waals surface area contributed by atoms with Crippen molar-refractivity contribution in [2.45, 2.75) is 58.3 Å². The van der Waals surface area contributed by atoms with E-state index in [0.717, 1.165) is 24.7 Å². The Hall–Kier alpha value is -3.06. The lowest BCUT2D eigenvalue weighted by Crippen LogP contribution is -2.11. The van der Waals surface area contributed by atoms with Crippen LogP contribution in [0.3, 0.4) is 0 Å². The molecule has 0 spiro atoms. The Balaban J connectivity index is 0.000000118. The lowest BCUT2D eigenvalue weighted by Gasteiger charge is -2.22. The van der Waals surface area contributed by atoms with Crippen molar-refractivity contribution in [3.8, 4) is 5.75 Å². The molecule has 0 unspecified atom stereocenters. The van der Waals surface area contributed by atoms with Crippen molar-refractivity contribution in [1.29, 1.82) is 0 Å². The third kappa shape index (κ3) is 5.85. The van der Waals surface area contributed by atoms with Crippen molar-refractivity contribution in [1.82, 2.24) is 0 Å². The largest absolute Gasteiger partial charge is 0.493 e. The van der Waals surface area contributed by atoms with Crippen LogP contribution in [0.1, 0.15) is 67.2 Å². The quantitative estimate of drug-likeness (QED) is 0.267. The van der Waals surface area contributed by atoms with Crippen LogP contribution in [-0.2, 0) is 6.42 Å². The van der Waals surface area contributed by atoms with Gasteiger partial charge in [-0.25, -0.2) is 0 Å². The molecular formula is C32H36O. The highest BCUT2D eigenvalue weighted by atomic mass is 16.5. The predicted molar refractivity (Wildman–Crippen MR) is 141 cm³/mol. The molecule has 170 valence electrons. The zero-order valence-corrected chi connectivity index (χ0v) is 20.3. The normalized spacial score (nSPS) is 18.4. The van der Waals surface area contributed by atoms with Gasteiger partial charge in [-0.2, -0.15) is 0 Å². The Morgan fingerprint density at radius 3 is 2.12 bits per heavy atom. The maximum Gasteiger partial charge on any atom is 0.122 e. The number of ether oxygens (including phenoxy) is 1. The lowest BCUT2D eigenvalue weighted by molar-refractivity contribution is 0.272. The molecule has 2 atom stereocenters. The van der Waals surface area contributed by atoms with E-state index in [1.807, 2.05) is 12.1 Å². The third-order valence-corrected chi connectivity index (χ3v) is 6.94. The minimum Gasteiger partial charge on any atom is -0.493 e. The maximum atomic E-state index is 5.49. The van der Waals surface area contributed by atoms with Gasteiger partial charge >= 0.3 is 0 Å². The molecule has 1 nitrogen and oxygen atoms in total. The lowest BCUT2D eigenvalue weighted by atomic mass is 9.84. The van der Waals surface area contributed by atoms with Gasteiger partial charge in [-0.1, -0.05) is 98.8 Å². The van der Waals surface area contributed by atoms with Gasteiger partial charge < -0.3 is 4.74 Å². The van der Waals surface area contributed by atoms with Crippen molar-refractivity contribution in [3.63, 3.8) is 0 Å². The standard InChI is InChI=1S/C11H14.C11H10.C10H12O/c2*1-9-5-4-7-10-6-2-3-8-11(9)10;1-8-6-7-11-10-5-3-2-4-9(8)10/h2-3,6,8-9H,4-5,7H2,1H3;2-8H,1H3;2-5,8H,6-7H2,1H3/t9-;;8-/m1.1/s1. The smallest absolute Gasteiger partial charge is 0.122 e. The zero-order valence-electron chi connectivity index (χ0n) is 20.3. The Labute approximate surface area is 199 Å². The number of hydrogen-bond donors (Lipinski definition) is 0. The van der Waals surface area contributed by atoms with Crippen LogP contribution < -0.4 is 4.74 Å². The fraction of sp³-hybridized carbons (Fsp3) is 0.312. The predicted octanol–water partition coefficient (Wildman–Crippen LogP) is 8.85. The molecule has 6 rings (SSSR count). The topological polar surface area (TPSA) is 9.23 Å². The molecule has 0 radical (unpaired) electrons. The van der Waals surface area contributed by atoms with Crippen molar-refractivity contribution < 1.29 is 4.74 Å². The summed E-state index contributed by atoms with van der Waals surface area (Å²) in [5.74, 6) is 2.53. The van der Waals surface area contributed by atoms with Crippen molar-refractivity contribution in [3.05, 3.63) is 113 Å². The second-order valence-electron chi connectivity index (χ2n) is 9.36. The molecule has 0 saturated heterocycles. The van der Waals surface area contributed by atoms with Gasteiger partial charge in [-0.3, -0.25) is 0 Å². The molecule has 0 amide bonds. The number of hydrogen-bond acceptors (Lipinski definition) is 1. The first kappa shape index (κ1) is 23.1. The van der Waals surface area contributed by atoms with Gasteiger partial charge in [0.1, 0.15) is 5.75 Å². The molecule has 0 aromatic heterocycles. The molecule has 0 saturated carbocycles. The monoisotopic (exact) mass is 436 g/mol. The van der Waals surface area contributed by atoms with Crippen LogP contribution in [-0.4, -0.2) is 6.61 Å². The Bertz CT molecular complexity index is 1110. The van der Waals surface area contributed by atoms with Crippen LogP contribution in [0.5, 0.6) is 5.75 Å². The van der Waals surface area contributed by atoms with Gasteiger partial charge in [0.05, 0.1) is 6.61 Å². The molecule has 4 aromatic rings. The molecular weight excluding hydrogens is 400 g/mol. The summed E-state index contributed by atoms with van der Waals surface area (Å²) in [6.07, 6.45) is 5.19. The minimum atomic E-state index is 0.667. The molecule has 1 aliphatic heterocycles. The van der Waals surface area contributed by atoms with Crippen LogP contribution >= 0.6 is 0 Å². The van der Waals surface area contributed by atoms with E-state index in [4.69, 9.17) is 4.74 Å². The van der Waals surface area contributed by atoms with Gasteiger partial charge in [0.15, 0.2) is 0 Å². The van der Waals surface area contributed by atoms with Crippen molar-refractivity contribution >= 4 is 10.8 Å². The molecule has 1 heteroatoms. The van der Waals surface area contributed by atoms with Gasteiger partial charge in [0, 0.05) is 0 Å². The molecule has 33 heavy (non-hydrogen) atoms. The molecule has 2 aliphatic rings. The Morgan fingerprint density at radius 2 is 1.33 bits per heavy atom. The zero-order chi connectivity index (χ0) is 23.0. The van der Waals surface area contributed by atoms with Crippen LogP contribution in [0, 0.1) is 6.92 Å². The molecule has 0 fully saturated rings. The highest BCUT2D eigenvalue weighted by molar-refractivity contribution is 5.85. The average molecular weight is 437 g/mol. The number of aryl methyl sites for hydroxylation is 2. The number of fused-ring (bicyclic) bond motifs is 3. The van der Waals surface area contributed by atoms with E-state index in [1.54, 1.807) is 11.1 Å². The van der Waals surface area contributed by atoms with Gasteiger partial charge in [0.25, 0.3) is 0 Å². The van der Waals surface area contributed by atoms with E-state index < -0.39 is 0 Å². The summed E-state index contributed by atoms with van der Waals surface area (Å²) in [6, 6.07) is 32.0. The summed E-state index contributed by atoms with van der Waals surface area (Å²) >= 11 is 0. The third-order valence-electron chi connectivity index (χ3n) is 6.94. The first-order valence-corrected chi connectivity index (χ1v) is 12.4. The summed E-state index contributed by atoms with van der Waals surface area (Å²) in [6.45, 7) is 7.60. The second kappa shape index (κ2) is 11.2. The SMILES string of the molecule is C[C@@H]1CCCc2ccccc21.C[C@@H]1CCOc2ccccc21.Cc1cccc2ccccc12. The van der Waals surface area contributed by atoms with Gasteiger partial charge in [0.2, 0.25) is 0 Å². The fourth-order valence-corrected chi connectivity index (χ4v) is 4.90. The molecule has 1 aliphatic carbocycles. The second-order valence-corrected chi connectivity index (χ2v) is 9.36. The van der Waals surface area contributed by atoms with E-state index in [-0.39, 0.29) is 0 Å². The van der Waals surface area contributed by atoms with Crippen LogP contribution in [0.15, 0.2) is 91.0 Å². The summed E-state index contributed by atoms with van der Waals surface area (Å²) in [5, 5.41) is 2.68. The summed E-state index contributed by atoms with van der Waals surface area (Å²) in [5.41, 5.74) is 5.87. The van der Waals surface area contributed by atoms with E-state index in [2.05, 4.69) is 99.6 Å². The van der Waals surface area contributed by atoms with Crippen molar-refractivity contribution in [2.24, 2.45) is 0 Å². The van der Waals surface area contributed by atoms with Gasteiger partial charge in [-0.15, -0.1) is 0 Å². The van der Waals surface area contributed by atoms with E-state index in [1.165, 1.54) is 41.2 Å². The Kier molecular flexibility index (Phi) is 7.83. The van der Waals surface area contributed by atoms with Crippen molar-refractivity contribution in [2.75, 3.05) is 6.61 Å². The minimum absolute atomic E-state index is 0.667. The van der Waals surface area contributed by atoms with E-state index >= 15 is 0 Å². The van der Waals surface area contributed by atoms with E-state index in [9.17, 15) is 0 Å². The number of rotatable bonds is 0. The van der Waals surface area contributed by atoms with Crippen LogP contribution in [0.4, 0.5) is 0 Å². The molecule has 0 bridgehead atoms. The van der Waals surface area contributed by atoms with E-state index in [0.29, 0.717) is 5.92 Å². The molecule has 1 heterocycles. The summed E-state index contributed by atoms with van der Waals surface area (Å²) in [4.78, 5) is 0. The highest BCUT2D eigenvalue weighted by Gasteiger charge is 2.16. The van der Waals surface area contributed by atoms with Crippen LogP contribution in [0.2, 0.25) is 0 Å². The number of benzene rings is 4. The first-order chi connectivity index (χ1) is 16.1. The van der Waals surface area contributed by atoms with Gasteiger partial charge in [-0.05, 0) is 83.5 Å². The summed E-state index contributed by atoms with van der Waals surface area (Å²) in [7, 11) is 0. The summed E-state index contributed by atoms with van der Waals surface area (Å²) < 4.78 is 5.49. The number of para-hydroxylation sites is 1. The average Bonchev–Trinajstić information content (AvgIpc) is 2.86. The highest BCUT2D eigenvalue weighted by Crippen LogP contribution is 2.32. The maximum absolute atomic E-state index is 5.49. The van der Waals surface area contributed by atoms with Crippen LogP contribution in [0.25, 0.3) is 10.8 Å². The fourth-order valence-electron chi connectivity index (χ4n) is 4.90.